The Labute approximate surface area is 176 Å². The van der Waals surface area contributed by atoms with Gasteiger partial charge < -0.3 is 23.7 Å². The third kappa shape index (κ3) is 4.78. The number of halogens is 3. The monoisotopic (exact) mass is 482 g/mol. The first-order chi connectivity index (χ1) is 12.7. The lowest BCUT2D eigenvalue weighted by Gasteiger charge is -2.29. The van der Waals surface area contributed by atoms with E-state index in [1.165, 1.54) is 0 Å². The second-order valence-corrected chi connectivity index (χ2v) is 8.39. The zero-order valence-corrected chi connectivity index (χ0v) is 18.2. The van der Waals surface area contributed by atoms with Gasteiger partial charge in [-0.15, -0.1) is 11.6 Å². The van der Waals surface area contributed by atoms with Gasteiger partial charge in [0.2, 0.25) is 0 Å². The predicted molar refractivity (Wildman–Crippen MR) is 103 cm³/mol. The van der Waals surface area contributed by atoms with E-state index in [-0.39, 0.29) is 12.5 Å². The van der Waals surface area contributed by atoms with Crippen LogP contribution in [0.15, 0.2) is 22.7 Å². The molecule has 2 aliphatic rings. The molecule has 1 aromatic carbocycles. The number of alkyl halides is 1. The molecule has 0 N–H and O–H groups in total. The molecule has 0 radical (unpaired) electrons. The van der Waals surface area contributed by atoms with E-state index in [1.807, 2.05) is 32.0 Å². The van der Waals surface area contributed by atoms with Crippen LogP contribution in [-0.4, -0.2) is 48.3 Å². The third-order valence-corrected chi connectivity index (χ3v) is 5.93. The van der Waals surface area contributed by atoms with E-state index in [0.717, 1.165) is 10.0 Å². The summed E-state index contributed by atoms with van der Waals surface area (Å²) < 4.78 is 29.9. The van der Waals surface area contributed by atoms with Crippen molar-refractivity contribution < 1.29 is 28.5 Å². The van der Waals surface area contributed by atoms with E-state index in [1.54, 1.807) is 6.92 Å². The third-order valence-electron chi connectivity index (χ3n) is 4.38. The van der Waals surface area contributed by atoms with Crippen molar-refractivity contribution in [1.29, 1.82) is 0 Å². The summed E-state index contributed by atoms with van der Waals surface area (Å²) in [7, 11) is 0. The van der Waals surface area contributed by atoms with Crippen molar-refractivity contribution in [3.8, 4) is 0 Å². The molecular weight excluding hydrogens is 463 g/mol. The van der Waals surface area contributed by atoms with Gasteiger partial charge in [0.05, 0.1) is 11.6 Å². The standard InChI is InChI=1S/C18H21BrCl2O6/c1-9(24-12(22)7-20)14-15(16-17(25-14)27-18(2,3)26-16)23-8-10-5-4-6-11(19)13(10)21/h4-6,9,14-17H,7-8H2,1-3H3/t9-,14-,15+,16-,17-/m1/s1. The van der Waals surface area contributed by atoms with Crippen LogP contribution in [0, 0.1) is 0 Å². The first kappa shape index (κ1) is 21.3. The molecule has 0 bridgehead atoms. The van der Waals surface area contributed by atoms with Gasteiger partial charge in [-0.05, 0) is 48.3 Å². The number of carbonyl (C=O) groups excluding carboxylic acids is 1. The quantitative estimate of drug-likeness (QED) is 0.449. The molecule has 0 amide bonds. The summed E-state index contributed by atoms with van der Waals surface area (Å²) in [5, 5.41) is 0.579. The number of fused-ring (bicyclic) bond motifs is 1. The maximum absolute atomic E-state index is 11.6. The molecule has 5 atom stereocenters. The zero-order valence-electron chi connectivity index (χ0n) is 15.1. The fourth-order valence-corrected chi connectivity index (χ4v) is 3.87. The van der Waals surface area contributed by atoms with Crippen molar-refractivity contribution in [2.45, 2.75) is 63.9 Å². The Balaban J connectivity index is 1.76. The van der Waals surface area contributed by atoms with Crippen LogP contribution in [0.4, 0.5) is 0 Å². The number of carbonyl (C=O) groups is 1. The molecule has 6 nitrogen and oxygen atoms in total. The molecule has 1 aromatic rings. The van der Waals surface area contributed by atoms with Crippen LogP contribution >= 0.6 is 39.1 Å². The van der Waals surface area contributed by atoms with Gasteiger partial charge in [0, 0.05) is 4.47 Å². The number of rotatable bonds is 6. The Hall–Kier alpha value is -0.410. The molecule has 27 heavy (non-hydrogen) atoms. The fourth-order valence-electron chi connectivity index (χ4n) is 3.22. The number of hydrogen-bond acceptors (Lipinski definition) is 6. The summed E-state index contributed by atoms with van der Waals surface area (Å²) >= 11 is 15.3. The maximum atomic E-state index is 11.6. The number of hydrogen-bond donors (Lipinski definition) is 0. The van der Waals surface area contributed by atoms with E-state index >= 15 is 0 Å². The Morgan fingerprint density at radius 2 is 2.11 bits per heavy atom. The molecule has 0 unspecified atom stereocenters. The van der Waals surface area contributed by atoms with Gasteiger partial charge >= 0.3 is 5.97 Å². The SMILES string of the molecule is C[C@@H](OC(=O)CCl)[C@H]1O[C@@H]2OC(C)(C)O[C@@H]2[C@H]1OCc1cccc(Br)c1Cl. The Morgan fingerprint density at radius 1 is 1.37 bits per heavy atom. The predicted octanol–water partition coefficient (Wildman–Crippen LogP) is 4.03. The molecule has 0 saturated carbocycles. The van der Waals surface area contributed by atoms with Crippen LogP contribution in [0.2, 0.25) is 5.02 Å². The lowest BCUT2D eigenvalue weighted by atomic mass is 10.1. The summed E-state index contributed by atoms with van der Waals surface area (Å²) in [5.41, 5.74) is 0.817. The second kappa shape index (κ2) is 8.53. The summed E-state index contributed by atoms with van der Waals surface area (Å²) in [6.07, 6.45) is -2.71. The van der Waals surface area contributed by atoms with Crippen molar-refractivity contribution >= 4 is 45.1 Å². The van der Waals surface area contributed by atoms with Crippen molar-refractivity contribution in [2.75, 3.05) is 5.88 Å². The van der Waals surface area contributed by atoms with Crippen LogP contribution in [0.25, 0.3) is 0 Å². The van der Waals surface area contributed by atoms with Crippen LogP contribution in [0.1, 0.15) is 26.3 Å². The van der Waals surface area contributed by atoms with E-state index in [0.29, 0.717) is 5.02 Å². The average Bonchev–Trinajstić information content (AvgIpc) is 3.08. The van der Waals surface area contributed by atoms with E-state index in [2.05, 4.69) is 15.9 Å². The van der Waals surface area contributed by atoms with Gasteiger partial charge in [0.15, 0.2) is 12.1 Å². The molecule has 150 valence electrons. The first-order valence-electron chi connectivity index (χ1n) is 8.53. The highest BCUT2D eigenvalue weighted by molar-refractivity contribution is 9.10. The summed E-state index contributed by atoms with van der Waals surface area (Å²) in [6.45, 7) is 5.58. The lowest BCUT2D eigenvalue weighted by Crippen LogP contribution is -2.43. The maximum Gasteiger partial charge on any atom is 0.321 e. The summed E-state index contributed by atoms with van der Waals surface area (Å²) in [4.78, 5) is 11.6. The molecule has 0 aromatic heterocycles. The lowest BCUT2D eigenvalue weighted by molar-refractivity contribution is -0.231. The topological polar surface area (TPSA) is 63.2 Å². The highest BCUT2D eigenvalue weighted by Crippen LogP contribution is 2.40. The Kier molecular flexibility index (Phi) is 6.73. The Morgan fingerprint density at radius 3 is 2.81 bits per heavy atom. The number of benzene rings is 1. The van der Waals surface area contributed by atoms with E-state index in [9.17, 15) is 4.79 Å². The Bertz CT molecular complexity index is 700. The highest BCUT2D eigenvalue weighted by Gasteiger charge is 2.57. The van der Waals surface area contributed by atoms with Gasteiger partial charge in [0.1, 0.15) is 30.3 Å². The molecule has 2 heterocycles. The zero-order chi connectivity index (χ0) is 19.8. The molecular formula is C18H21BrCl2O6. The molecule has 3 rings (SSSR count). The molecule has 2 aliphatic heterocycles. The second-order valence-electron chi connectivity index (χ2n) is 6.89. The molecule has 2 fully saturated rings. The molecule has 0 spiro atoms. The smallest absolute Gasteiger partial charge is 0.321 e. The number of esters is 1. The molecule has 2 saturated heterocycles. The van der Waals surface area contributed by atoms with Crippen LogP contribution in [0.3, 0.4) is 0 Å². The fraction of sp³-hybridized carbons (Fsp3) is 0.611. The van der Waals surface area contributed by atoms with Gasteiger partial charge in [-0.1, -0.05) is 23.7 Å². The van der Waals surface area contributed by atoms with E-state index in [4.69, 9.17) is 46.9 Å². The van der Waals surface area contributed by atoms with Crippen LogP contribution in [0.5, 0.6) is 0 Å². The van der Waals surface area contributed by atoms with Crippen molar-refractivity contribution in [3.63, 3.8) is 0 Å². The normalized spacial score (nSPS) is 30.1. The van der Waals surface area contributed by atoms with Crippen LogP contribution < -0.4 is 0 Å². The van der Waals surface area contributed by atoms with E-state index < -0.39 is 42.5 Å². The van der Waals surface area contributed by atoms with Gasteiger partial charge in [-0.25, -0.2) is 0 Å². The minimum absolute atomic E-state index is 0.233. The minimum Gasteiger partial charge on any atom is -0.459 e. The van der Waals surface area contributed by atoms with Gasteiger partial charge in [-0.2, -0.15) is 0 Å². The van der Waals surface area contributed by atoms with Crippen LogP contribution in [-0.2, 0) is 35.1 Å². The van der Waals surface area contributed by atoms with Gasteiger partial charge in [-0.3, -0.25) is 4.79 Å². The van der Waals surface area contributed by atoms with Crippen molar-refractivity contribution in [3.05, 3.63) is 33.3 Å². The first-order valence-corrected chi connectivity index (χ1v) is 10.2. The largest absolute Gasteiger partial charge is 0.459 e. The van der Waals surface area contributed by atoms with Crippen molar-refractivity contribution in [1.82, 2.24) is 0 Å². The van der Waals surface area contributed by atoms with Crippen molar-refractivity contribution in [2.24, 2.45) is 0 Å². The molecule has 9 heteroatoms. The number of ether oxygens (including phenoxy) is 5. The molecule has 0 aliphatic carbocycles. The summed E-state index contributed by atoms with van der Waals surface area (Å²) in [5.74, 6) is -1.55. The summed E-state index contributed by atoms with van der Waals surface area (Å²) in [6, 6.07) is 5.61. The highest BCUT2D eigenvalue weighted by atomic mass is 79.9. The van der Waals surface area contributed by atoms with Gasteiger partial charge in [0.25, 0.3) is 0 Å². The average molecular weight is 484 g/mol. The minimum atomic E-state index is -0.786.